The molecule has 13 heavy (non-hydrogen) atoms. The van der Waals surface area contributed by atoms with Gasteiger partial charge in [0.15, 0.2) is 0 Å². The van der Waals surface area contributed by atoms with E-state index < -0.39 is 0 Å². The molecule has 0 spiro atoms. The zero-order valence-corrected chi connectivity index (χ0v) is 9.13. The summed E-state index contributed by atoms with van der Waals surface area (Å²) in [5, 5.41) is 0. The molecule has 0 heterocycles. The van der Waals surface area contributed by atoms with Crippen molar-refractivity contribution in [3.63, 3.8) is 0 Å². The second-order valence-corrected chi connectivity index (χ2v) is 4.87. The second kappa shape index (κ2) is 4.00. The van der Waals surface area contributed by atoms with E-state index in [2.05, 4.69) is 18.7 Å². The molecule has 0 aliphatic heterocycles. The normalized spacial score (nSPS) is 27.0. The van der Waals surface area contributed by atoms with E-state index in [0.717, 1.165) is 18.1 Å². The molecule has 0 aromatic heterocycles. The van der Waals surface area contributed by atoms with Gasteiger partial charge in [-0.25, -0.2) is 0 Å². The molecule has 0 bridgehead atoms. The Morgan fingerprint density at radius 3 is 1.77 bits per heavy atom. The predicted molar refractivity (Wildman–Crippen MR) is 56.9 cm³/mol. The molecule has 0 amide bonds. The summed E-state index contributed by atoms with van der Waals surface area (Å²) < 4.78 is 0. The Bertz CT molecular complexity index is 138. The van der Waals surface area contributed by atoms with Gasteiger partial charge in [-0.05, 0) is 39.0 Å². The van der Waals surface area contributed by atoms with Gasteiger partial charge < -0.3 is 0 Å². The number of rotatable bonds is 4. The van der Waals surface area contributed by atoms with Crippen LogP contribution in [0.5, 0.6) is 0 Å². The molecule has 0 aromatic rings. The standard InChI is InChI=1S/C12H23N/c1-3-10(2)13(11-6-4-7-11)12-8-5-9-12/h10-12H,3-9H2,1-2H3. The summed E-state index contributed by atoms with van der Waals surface area (Å²) >= 11 is 0. The number of hydrogen-bond acceptors (Lipinski definition) is 1. The van der Waals surface area contributed by atoms with Crippen molar-refractivity contribution >= 4 is 0 Å². The molecule has 2 saturated carbocycles. The average molecular weight is 181 g/mol. The van der Waals surface area contributed by atoms with Gasteiger partial charge in [0.2, 0.25) is 0 Å². The molecular weight excluding hydrogens is 158 g/mol. The van der Waals surface area contributed by atoms with Crippen molar-refractivity contribution in [1.82, 2.24) is 4.90 Å². The van der Waals surface area contributed by atoms with Crippen molar-refractivity contribution in [3.05, 3.63) is 0 Å². The van der Waals surface area contributed by atoms with E-state index in [1.807, 2.05) is 0 Å². The molecule has 1 nitrogen and oxygen atoms in total. The largest absolute Gasteiger partial charge is 0.295 e. The zero-order valence-electron chi connectivity index (χ0n) is 9.13. The smallest absolute Gasteiger partial charge is 0.0101 e. The van der Waals surface area contributed by atoms with Gasteiger partial charge in [-0.2, -0.15) is 0 Å². The maximum atomic E-state index is 2.84. The first-order chi connectivity index (χ1) is 6.33. The summed E-state index contributed by atoms with van der Waals surface area (Å²) in [4.78, 5) is 2.84. The monoisotopic (exact) mass is 181 g/mol. The Kier molecular flexibility index (Phi) is 2.92. The molecule has 0 radical (unpaired) electrons. The first-order valence-electron chi connectivity index (χ1n) is 6.10. The van der Waals surface area contributed by atoms with E-state index in [-0.39, 0.29) is 0 Å². The highest BCUT2D eigenvalue weighted by atomic mass is 15.2. The van der Waals surface area contributed by atoms with Gasteiger partial charge in [0.05, 0.1) is 0 Å². The van der Waals surface area contributed by atoms with Crippen LogP contribution in [0.3, 0.4) is 0 Å². The highest BCUT2D eigenvalue weighted by Gasteiger charge is 2.35. The quantitative estimate of drug-likeness (QED) is 0.644. The molecule has 0 aromatic carbocycles. The van der Waals surface area contributed by atoms with Gasteiger partial charge in [-0.1, -0.05) is 19.8 Å². The van der Waals surface area contributed by atoms with Gasteiger partial charge in [0, 0.05) is 18.1 Å². The first-order valence-corrected chi connectivity index (χ1v) is 6.10. The van der Waals surface area contributed by atoms with E-state index in [1.54, 1.807) is 0 Å². The first kappa shape index (κ1) is 9.51. The Labute approximate surface area is 82.5 Å². The minimum absolute atomic E-state index is 0.829. The van der Waals surface area contributed by atoms with Gasteiger partial charge in [-0.15, -0.1) is 0 Å². The van der Waals surface area contributed by atoms with Crippen molar-refractivity contribution in [2.24, 2.45) is 0 Å². The van der Waals surface area contributed by atoms with Crippen LogP contribution >= 0.6 is 0 Å². The highest BCUT2D eigenvalue weighted by Crippen LogP contribution is 2.35. The van der Waals surface area contributed by atoms with Crippen LogP contribution in [-0.4, -0.2) is 23.0 Å². The molecule has 2 rings (SSSR count). The van der Waals surface area contributed by atoms with Gasteiger partial charge in [-0.3, -0.25) is 4.90 Å². The Morgan fingerprint density at radius 2 is 1.54 bits per heavy atom. The Morgan fingerprint density at radius 1 is 1.08 bits per heavy atom. The average Bonchev–Trinajstić information content (AvgIpc) is 1.95. The van der Waals surface area contributed by atoms with Crippen molar-refractivity contribution < 1.29 is 0 Å². The molecule has 2 aliphatic carbocycles. The van der Waals surface area contributed by atoms with Gasteiger partial charge in [0.25, 0.3) is 0 Å². The molecule has 76 valence electrons. The van der Waals surface area contributed by atoms with E-state index in [0.29, 0.717) is 0 Å². The third-order valence-electron chi connectivity index (χ3n) is 4.09. The van der Waals surface area contributed by atoms with E-state index >= 15 is 0 Å². The fraction of sp³-hybridized carbons (Fsp3) is 1.00. The lowest BCUT2D eigenvalue weighted by Crippen LogP contribution is -2.53. The molecule has 0 saturated heterocycles. The van der Waals surface area contributed by atoms with Crippen LogP contribution in [0.1, 0.15) is 58.8 Å². The maximum Gasteiger partial charge on any atom is 0.0101 e. The SMILES string of the molecule is CCC(C)N(C1CCC1)C1CCC1. The molecule has 1 heteroatoms. The minimum Gasteiger partial charge on any atom is -0.295 e. The lowest BCUT2D eigenvalue weighted by Gasteiger charge is -2.49. The number of nitrogens with zero attached hydrogens (tertiary/aromatic N) is 1. The van der Waals surface area contributed by atoms with Crippen molar-refractivity contribution in [3.8, 4) is 0 Å². The van der Waals surface area contributed by atoms with Crippen LogP contribution in [0.25, 0.3) is 0 Å². The Hall–Kier alpha value is -0.0400. The lowest BCUT2D eigenvalue weighted by molar-refractivity contribution is 0.00673. The highest BCUT2D eigenvalue weighted by molar-refractivity contribution is 4.91. The molecule has 2 aliphatic rings. The summed E-state index contributed by atoms with van der Waals surface area (Å²) in [5.74, 6) is 0. The van der Waals surface area contributed by atoms with Crippen LogP contribution in [0.15, 0.2) is 0 Å². The minimum atomic E-state index is 0.829. The van der Waals surface area contributed by atoms with Crippen molar-refractivity contribution in [2.75, 3.05) is 0 Å². The summed E-state index contributed by atoms with van der Waals surface area (Å²) in [6.45, 7) is 4.74. The zero-order chi connectivity index (χ0) is 9.26. The van der Waals surface area contributed by atoms with E-state index in [1.165, 1.54) is 44.9 Å². The topological polar surface area (TPSA) is 3.24 Å². The van der Waals surface area contributed by atoms with Crippen LogP contribution in [0, 0.1) is 0 Å². The fourth-order valence-corrected chi connectivity index (χ4v) is 2.60. The van der Waals surface area contributed by atoms with Crippen molar-refractivity contribution in [1.29, 1.82) is 0 Å². The third-order valence-corrected chi connectivity index (χ3v) is 4.09. The summed E-state index contributed by atoms with van der Waals surface area (Å²) in [6.07, 6.45) is 10.2. The predicted octanol–water partition coefficient (Wildman–Crippen LogP) is 3.19. The van der Waals surface area contributed by atoms with E-state index in [9.17, 15) is 0 Å². The van der Waals surface area contributed by atoms with Crippen LogP contribution in [0.4, 0.5) is 0 Å². The summed E-state index contributed by atoms with van der Waals surface area (Å²) in [5.41, 5.74) is 0. The second-order valence-electron chi connectivity index (χ2n) is 4.87. The number of hydrogen-bond donors (Lipinski definition) is 0. The third kappa shape index (κ3) is 1.76. The van der Waals surface area contributed by atoms with E-state index in [4.69, 9.17) is 0 Å². The van der Waals surface area contributed by atoms with Gasteiger partial charge >= 0.3 is 0 Å². The van der Waals surface area contributed by atoms with Crippen LogP contribution in [0.2, 0.25) is 0 Å². The maximum absolute atomic E-state index is 2.84. The fourth-order valence-electron chi connectivity index (χ4n) is 2.60. The lowest BCUT2D eigenvalue weighted by atomic mass is 9.83. The Balaban J connectivity index is 1.92. The molecule has 2 fully saturated rings. The van der Waals surface area contributed by atoms with Gasteiger partial charge in [0.1, 0.15) is 0 Å². The molecule has 1 unspecified atom stereocenters. The molecular formula is C12H23N. The van der Waals surface area contributed by atoms with Crippen LogP contribution < -0.4 is 0 Å². The molecule has 1 atom stereocenters. The van der Waals surface area contributed by atoms with Crippen molar-refractivity contribution in [2.45, 2.75) is 76.9 Å². The van der Waals surface area contributed by atoms with Crippen LogP contribution in [-0.2, 0) is 0 Å². The molecule has 0 N–H and O–H groups in total. The summed E-state index contributed by atoms with van der Waals surface area (Å²) in [7, 11) is 0. The summed E-state index contributed by atoms with van der Waals surface area (Å²) in [6, 6.07) is 2.75.